The van der Waals surface area contributed by atoms with Crippen LogP contribution in [-0.4, -0.2) is 10.7 Å². The first-order chi connectivity index (χ1) is 7.77. The number of aliphatic hydroxyl groups is 1. The van der Waals surface area contributed by atoms with Gasteiger partial charge in [0.15, 0.2) is 0 Å². The van der Waals surface area contributed by atoms with E-state index in [-0.39, 0.29) is 0 Å². The van der Waals surface area contributed by atoms with E-state index < -0.39 is 5.60 Å². The summed E-state index contributed by atoms with van der Waals surface area (Å²) < 4.78 is 0. The number of rotatable bonds is 1. The molecular formula is C15H26O. The zero-order valence-electron chi connectivity index (χ0n) is 10.6. The van der Waals surface area contributed by atoms with E-state index in [4.69, 9.17) is 0 Å². The van der Waals surface area contributed by atoms with Crippen molar-refractivity contribution in [2.75, 3.05) is 0 Å². The molecule has 0 aliphatic heterocycles. The molecule has 0 aromatic carbocycles. The largest absolute Gasteiger partial charge is 0.385 e. The van der Waals surface area contributed by atoms with Crippen molar-refractivity contribution in [2.24, 2.45) is 0 Å². The third-order valence-electron chi connectivity index (χ3n) is 3.35. The Bertz CT molecular complexity index is 230. The predicted octanol–water partition coefficient (Wildman–Crippen LogP) is 4.37. The maximum atomic E-state index is 10.4. The summed E-state index contributed by atoms with van der Waals surface area (Å²) in [6.07, 6.45) is 18.9. The summed E-state index contributed by atoms with van der Waals surface area (Å²) in [6, 6.07) is 0. The summed E-state index contributed by atoms with van der Waals surface area (Å²) in [4.78, 5) is 0. The highest BCUT2D eigenvalue weighted by molar-refractivity contribution is 5.04. The van der Waals surface area contributed by atoms with E-state index in [2.05, 4.69) is 12.2 Å². The molecular weight excluding hydrogens is 196 g/mol. The van der Waals surface area contributed by atoms with Crippen LogP contribution in [0.5, 0.6) is 0 Å². The van der Waals surface area contributed by atoms with Gasteiger partial charge in [-0.05, 0) is 32.6 Å². The Hall–Kier alpha value is -0.560. The average Bonchev–Trinajstić information content (AvgIpc) is 2.24. The van der Waals surface area contributed by atoms with Crippen molar-refractivity contribution in [1.82, 2.24) is 0 Å². The first-order valence-corrected chi connectivity index (χ1v) is 6.78. The molecule has 1 N–H and O–H groups in total. The minimum Gasteiger partial charge on any atom is -0.385 e. The molecule has 1 aliphatic rings. The summed E-state index contributed by atoms with van der Waals surface area (Å²) in [6.45, 7) is 1.98. The summed E-state index contributed by atoms with van der Waals surface area (Å²) in [5, 5.41) is 10.4. The second-order valence-electron chi connectivity index (χ2n) is 4.94. The van der Waals surface area contributed by atoms with Crippen molar-refractivity contribution in [1.29, 1.82) is 0 Å². The molecule has 0 fully saturated rings. The van der Waals surface area contributed by atoms with Crippen LogP contribution >= 0.6 is 0 Å². The molecule has 0 aromatic heterocycles. The topological polar surface area (TPSA) is 20.2 Å². The maximum absolute atomic E-state index is 10.4. The van der Waals surface area contributed by atoms with E-state index in [1.54, 1.807) is 0 Å². The molecule has 92 valence electrons. The molecule has 0 bridgehead atoms. The molecule has 1 unspecified atom stereocenters. The van der Waals surface area contributed by atoms with E-state index in [1.807, 2.05) is 19.1 Å². The predicted molar refractivity (Wildman–Crippen MR) is 70.5 cm³/mol. The lowest BCUT2D eigenvalue weighted by molar-refractivity contribution is 0.0812. The van der Waals surface area contributed by atoms with Crippen LogP contribution in [0.4, 0.5) is 0 Å². The van der Waals surface area contributed by atoms with Crippen molar-refractivity contribution in [3.05, 3.63) is 24.3 Å². The molecule has 0 heterocycles. The molecule has 1 rings (SSSR count). The van der Waals surface area contributed by atoms with Gasteiger partial charge in [-0.25, -0.2) is 0 Å². The van der Waals surface area contributed by atoms with Gasteiger partial charge in [-0.2, -0.15) is 0 Å². The van der Waals surface area contributed by atoms with E-state index in [0.29, 0.717) is 0 Å². The molecule has 0 radical (unpaired) electrons. The third kappa shape index (κ3) is 5.50. The Morgan fingerprint density at radius 1 is 1.00 bits per heavy atom. The summed E-state index contributed by atoms with van der Waals surface area (Å²) >= 11 is 0. The zero-order valence-corrected chi connectivity index (χ0v) is 10.6. The van der Waals surface area contributed by atoms with Gasteiger partial charge in [0.2, 0.25) is 0 Å². The van der Waals surface area contributed by atoms with Crippen LogP contribution in [0.3, 0.4) is 0 Å². The molecule has 0 saturated carbocycles. The standard InChI is InChI=1S/C15H26O/c1-2-12-15(16)13-10-8-6-4-3-5-7-9-11-14-15/h2,8,10,12,16H,3-7,9,11,13-14H2,1H3/b10-8+,12-2+. The SMILES string of the molecule is C/C=C/C1(O)C/C=C/CCCCCCCC1. The highest BCUT2D eigenvalue weighted by Crippen LogP contribution is 2.23. The van der Waals surface area contributed by atoms with Gasteiger partial charge >= 0.3 is 0 Å². The second-order valence-corrected chi connectivity index (χ2v) is 4.94. The van der Waals surface area contributed by atoms with Gasteiger partial charge in [-0.15, -0.1) is 0 Å². The number of hydrogen-bond donors (Lipinski definition) is 1. The lowest BCUT2D eigenvalue weighted by atomic mass is 9.91. The second kappa shape index (κ2) is 7.67. The van der Waals surface area contributed by atoms with Crippen molar-refractivity contribution < 1.29 is 5.11 Å². The van der Waals surface area contributed by atoms with Crippen LogP contribution < -0.4 is 0 Å². The molecule has 1 nitrogen and oxygen atoms in total. The van der Waals surface area contributed by atoms with Gasteiger partial charge in [0.1, 0.15) is 0 Å². The van der Waals surface area contributed by atoms with Crippen molar-refractivity contribution in [3.63, 3.8) is 0 Å². The lowest BCUT2D eigenvalue weighted by Crippen LogP contribution is -2.24. The lowest BCUT2D eigenvalue weighted by Gasteiger charge is -2.23. The Balaban J connectivity index is 2.52. The van der Waals surface area contributed by atoms with E-state index in [1.165, 1.54) is 38.5 Å². The third-order valence-corrected chi connectivity index (χ3v) is 3.35. The van der Waals surface area contributed by atoms with E-state index >= 15 is 0 Å². The van der Waals surface area contributed by atoms with Gasteiger partial charge in [0.25, 0.3) is 0 Å². The Labute approximate surface area is 100 Å². The normalized spacial score (nSPS) is 31.9. The highest BCUT2D eigenvalue weighted by Gasteiger charge is 2.20. The summed E-state index contributed by atoms with van der Waals surface area (Å²) in [5.41, 5.74) is -0.593. The molecule has 1 heteroatoms. The smallest absolute Gasteiger partial charge is 0.0861 e. The number of allylic oxidation sites excluding steroid dienone is 2. The van der Waals surface area contributed by atoms with Crippen LogP contribution in [0.2, 0.25) is 0 Å². The van der Waals surface area contributed by atoms with Crippen LogP contribution in [0.1, 0.15) is 64.7 Å². The Morgan fingerprint density at radius 3 is 2.44 bits per heavy atom. The Kier molecular flexibility index (Phi) is 6.47. The fourth-order valence-electron chi connectivity index (χ4n) is 2.37. The molecule has 1 atom stereocenters. The molecule has 0 spiro atoms. The van der Waals surface area contributed by atoms with Crippen LogP contribution in [0.15, 0.2) is 24.3 Å². The monoisotopic (exact) mass is 222 g/mol. The fourth-order valence-corrected chi connectivity index (χ4v) is 2.37. The van der Waals surface area contributed by atoms with Crippen LogP contribution in [-0.2, 0) is 0 Å². The molecule has 0 amide bonds. The minimum absolute atomic E-state index is 0.593. The summed E-state index contributed by atoms with van der Waals surface area (Å²) in [7, 11) is 0. The summed E-state index contributed by atoms with van der Waals surface area (Å²) in [5.74, 6) is 0. The molecule has 0 saturated heterocycles. The zero-order chi connectivity index (χ0) is 11.7. The van der Waals surface area contributed by atoms with Gasteiger partial charge in [0.05, 0.1) is 5.60 Å². The maximum Gasteiger partial charge on any atom is 0.0861 e. The molecule has 0 aromatic rings. The first kappa shape index (κ1) is 13.5. The fraction of sp³-hybridized carbons (Fsp3) is 0.733. The van der Waals surface area contributed by atoms with Crippen LogP contribution in [0.25, 0.3) is 0 Å². The van der Waals surface area contributed by atoms with Crippen molar-refractivity contribution in [2.45, 2.75) is 70.3 Å². The van der Waals surface area contributed by atoms with Crippen LogP contribution in [0, 0.1) is 0 Å². The average molecular weight is 222 g/mol. The highest BCUT2D eigenvalue weighted by atomic mass is 16.3. The minimum atomic E-state index is -0.593. The number of hydrogen-bond acceptors (Lipinski definition) is 1. The Morgan fingerprint density at radius 2 is 1.69 bits per heavy atom. The van der Waals surface area contributed by atoms with Gasteiger partial charge in [-0.3, -0.25) is 0 Å². The van der Waals surface area contributed by atoms with Gasteiger partial charge in [-0.1, -0.05) is 56.4 Å². The van der Waals surface area contributed by atoms with Crippen molar-refractivity contribution >= 4 is 0 Å². The molecule has 16 heavy (non-hydrogen) atoms. The van der Waals surface area contributed by atoms with E-state index in [9.17, 15) is 5.11 Å². The molecule has 1 aliphatic carbocycles. The quantitative estimate of drug-likeness (QED) is 0.653. The van der Waals surface area contributed by atoms with E-state index in [0.717, 1.165) is 19.3 Å². The van der Waals surface area contributed by atoms with Gasteiger partial charge < -0.3 is 5.11 Å². The van der Waals surface area contributed by atoms with Crippen molar-refractivity contribution in [3.8, 4) is 0 Å². The van der Waals surface area contributed by atoms with Gasteiger partial charge in [0, 0.05) is 0 Å². The first-order valence-electron chi connectivity index (χ1n) is 6.78.